The fourth-order valence-electron chi connectivity index (χ4n) is 3.03. The van der Waals surface area contributed by atoms with E-state index in [1.54, 1.807) is 0 Å². The second-order valence-electron chi connectivity index (χ2n) is 5.86. The second-order valence-corrected chi connectivity index (χ2v) is 6.78. The minimum atomic E-state index is -0.0457. The Morgan fingerprint density at radius 3 is 2.67 bits per heavy atom. The van der Waals surface area contributed by atoms with Crippen molar-refractivity contribution in [3.05, 3.63) is 34.3 Å². The van der Waals surface area contributed by atoms with Gasteiger partial charge in [0, 0.05) is 29.6 Å². The van der Waals surface area contributed by atoms with Crippen molar-refractivity contribution in [3.63, 3.8) is 0 Å². The Hall–Kier alpha value is -0.910. The minimum Gasteiger partial charge on any atom is -0.342 e. The number of carbonyl (C=O) groups excluding carboxylic acids is 1. The first-order chi connectivity index (χ1) is 9.99. The summed E-state index contributed by atoms with van der Waals surface area (Å²) in [7, 11) is 1.98. The molecule has 4 nitrogen and oxygen atoms in total. The van der Waals surface area contributed by atoms with Crippen molar-refractivity contribution in [2.24, 2.45) is 5.73 Å². The highest BCUT2D eigenvalue weighted by Gasteiger charge is 2.26. The van der Waals surface area contributed by atoms with Gasteiger partial charge in [0.1, 0.15) is 0 Å². The summed E-state index contributed by atoms with van der Waals surface area (Å²) in [6.45, 7) is 4.19. The van der Waals surface area contributed by atoms with Crippen molar-refractivity contribution in [1.29, 1.82) is 0 Å². The van der Waals surface area contributed by atoms with Crippen LogP contribution < -0.4 is 5.73 Å². The number of carbonyl (C=O) groups is 1. The van der Waals surface area contributed by atoms with Crippen molar-refractivity contribution in [2.75, 3.05) is 26.7 Å². The van der Waals surface area contributed by atoms with Crippen LogP contribution in [0, 0.1) is 0 Å². The molecular formula is C16H24BrN3O. The van der Waals surface area contributed by atoms with Gasteiger partial charge in [0.25, 0.3) is 0 Å². The Labute approximate surface area is 135 Å². The van der Waals surface area contributed by atoms with E-state index in [9.17, 15) is 4.79 Å². The maximum atomic E-state index is 12.3. The van der Waals surface area contributed by atoms with E-state index in [2.05, 4.69) is 33.0 Å². The molecule has 1 aromatic carbocycles. The largest absolute Gasteiger partial charge is 0.342 e. The average molecular weight is 354 g/mol. The van der Waals surface area contributed by atoms with Crippen LogP contribution in [0.3, 0.4) is 0 Å². The molecule has 1 fully saturated rings. The Balaban J connectivity index is 2.08. The van der Waals surface area contributed by atoms with Gasteiger partial charge in [-0.2, -0.15) is 0 Å². The van der Waals surface area contributed by atoms with Gasteiger partial charge in [0.2, 0.25) is 5.91 Å². The van der Waals surface area contributed by atoms with Crippen LogP contribution in [0.4, 0.5) is 0 Å². The normalized spacial score (nSPS) is 18.0. The monoisotopic (exact) mass is 353 g/mol. The van der Waals surface area contributed by atoms with Gasteiger partial charge in [0.05, 0.1) is 6.54 Å². The molecule has 1 heterocycles. The van der Waals surface area contributed by atoms with E-state index in [0.29, 0.717) is 6.54 Å². The molecule has 0 saturated carbocycles. The van der Waals surface area contributed by atoms with Gasteiger partial charge in [-0.15, -0.1) is 0 Å². The Bertz CT molecular complexity index is 486. The topological polar surface area (TPSA) is 49.6 Å². The summed E-state index contributed by atoms with van der Waals surface area (Å²) in [6.07, 6.45) is 2.25. The van der Waals surface area contributed by atoms with Gasteiger partial charge in [-0.25, -0.2) is 0 Å². The summed E-state index contributed by atoms with van der Waals surface area (Å²) in [5, 5.41) is 0. The van der Waals surface area contributed by atoms with Crippen molar-refractivity contribution >= 4 is 21.8 Å². The third-order valence-electron chi connectivity index (χ3n) is 4.01. The van der Waals surface area contributed by atoms with Crippen LogP contribution in [0.5, 0.6) is 0 Å². The van der Waals surface area contributed by atoms with Crippen LogP contribution in [0.15, 0.2) is 28.7 Å². The van der Waals surface area contributed by atoms with Crippen molar-refractivity contribution < 1.29 is 4.79 Å². The lowest BCUT2D eigenvalue weighted by Crippen LogP contribution is -2.43. The molecule has 0 radical (unpaired) electrons. The van der Waals surface area contributed by atoms with E-state index in [-0.39, 0.29) is 18.0 Å². The molecule has 2 atom stereocenters. The summed E-state index contributed by atoms with van der Waals surface area (Å²) in [6, 6.07) is 8.13. The molecular weight excluding hydrogens is 330 g/mol. The van der Waals surface area contributed by atoms with Crippen LogP contribution in [0.25, 0.3) is 0 Å². The fourth-order valence-corrected chi connectivity index (χ4v) is 3.45. The molecule has 2 N–H and O–H groups in total. The molecule has 1 aromatic rings. The summed E-state index contributed by atoms with van der Waals surface area (Å²) in [4.78, 5) is 16.3. The lowest BCUT2D eigenvalue weighted by molar-refractivity contribution is -0.131. The summed E-state index contributed by atoms with van der Waals surface area (Å²) in [5.74, 6) is 0.204. The predicted molar refractivity (Wildman–Crippen MR) is 89.0 cm³/mol. The van der Waals surface area contributed by atoms with Crippen molar-refractivity contribution in [1.82, 2.24) is 9.80 Å². The van der Waals surface area contributed by atoms with Gasteiger partial charge in [-0.05, 0) is 44.5 Å². The second kappa shape index (κ2) is 7.38. The minimum absolute atomic E-state index is 0.0362. The highest BCUT2D eigenvalue weighted by atomic mass is 79.9. The zero-order chi connectivity index (χ0) is 15.4. The zero-order valence-electron chi connectivity index (χ0n) is 12.8. The van der Waals surface area contributed by atoms with E-state index in [1.165, 1.54) is 0 Å². The fraction of sp³-hybridized carbons (Fsp3) is 0.562. The summed E-state index contributed by atoms with van der Waals surface area (Å²) in [5.41, 5.74) is 7.30. The van der Waals surface area contributed by atoms with Crippen LogP contribution >= 0.6 is 15.9 Å². The standard InChI is InChI=1S/C16H24BrN3O/c1-12(18)16(13-6-5-7-14(17)10-13)19(2)11-15(21)20-8-3-4-9-20/h5-7,10,12,16H,3-4,8-9,11,18H2,1-2H3. The van der Waals surface area contributed by atoms with Crippen molar-refractivity contribution in [3.8, 4) is 0 Å². The highest BCUT2D eigenvalue weighted by Crippen LogP contribution is 2.25. The molecule has 1 saturated heterocycles. The molecule has 1 amide bonds. The number of hydrogen-bond donors (Lipinski definition) is 1. The molecule has 0 aliphatic carbocycles. The molecule has 0 bridgehead atoms. The van der Waals surface area contributed by atoms with Crippen LogP contribution in [0.2, 0.25) is 0 Å². The lowest BCUT2D eigenvalue weighted by Gasteiger charge is -2.32. The van der Waals surface area contributed by atoms with E-state index in [4.69, 9.17) is 5.73 Å². The van der Waals surface area contributed by atoms with Gasteiger partial charge in [-0.1, -0.05) is 28.1 Å². The first-order valence-corrected chi connectivity index (χ1v) is 8.27. The van der Waals surface area contributed by atoms with E-state index < -0.39 is 0 Å². The number of nitrogens with zero attached hydrogens (tertiary/aromatic N) is 2. The van der Waals surface area contributed by atoms with Crippen LogP contribution in [-0.2, 0) is 4.79 Å². The molecule has 2 rings (SSSR count). The molecule has 2 unspecified atom stereocenters. The van der Waals surface area contributed by atoms with Crippen LogP contribution in [0.1, 0.15) is 31.4 Å². The molecule has 0 aromatic heterocycles. The Kier molecular flexibility index (Phi) is 5.79. The average Bonchev–Trinajstić information content (AvgIpc) is 2.92. The van der Waals surface area contributed by atoms with E-state index >= 15 is 0 Å². The molecule has 1 aliphatic heterocycles. The maximum Gasteiger partial charge on any atom is 0.236 e. The maximum absolute atomic E-state index is 12.3. The SMILES string of the molecule is CC(N)C(c1cccc(Br)c1)N(C)CC(=O)N1CCCC1. The van der Waals surface area contributed by atoms with E-state index in [0.717, 1.165) is 36.0 Å². The number of nitrogens with two attached hydrogens (primary N) is 1. The summed E-state index contributed by atoms with van der Waals surface area (Å²) < 4.78 is 1.03. The van der Waals surface area contributed by atoms with Gasteiger partial charge >= 0.3 is 0 Å². The number of amides is 1. The molecule has 0 spiro atoms. The number of benzene rings is 1. The molecule has 116 valence electrons. The Morgan fingerprint density at radius 2 is 2.10 bits per heavy atom. The van der Waals surface area contributed by atoms with E-state index in [1.807, 2.05) is 31.0 Å². The van der Waals surface area contributed by atoms with Crippen molar-refractivity contribution in [2.45, 2.75) is 31.8 Å². The summed E-state index contributed by atoms with van der Waals surface area (Å²) >= 11 is 3.50. The first kappa shape index (κ1) is 16.5. The quantitative estimate of drug-likeness (QED) is 0.883. The zero-order valence-corrected chi connectivity index (χ0v) is 14.3. The highest BCUT2D eigenvalue weighted by molar-refractivity contribution is 9.10. The van der Waals surface area contributed by atoms with Gasteiger partial charge < -0.3 is 10.6 Å². The number of rotatable bonds is 5. The number of likely N-dealkylation sites (tertiary alicyclic amines) is 1. The Morgan fingerprint density at radius 1 is 1.43 bits per heavy atom. The first-order valence-electron chi connectivity index (χ1n) is 7.48. The molecule has 5 heteroatoms. The number of hydrogen-bond acceptors (Lipinski definition) is 3. The lowest BCUT2D eigenvalue weighted by atomic mass is 9.99. The van der Waals surface area contributed by atoms with Crippen LogP contribution in [-0.4, -0.2) is 48.4 Å². The number of halogens is 1. The van der Waals surface area contributed by atoms with Gasteiger partial charge in [-0.3, -0.25) is 9.69 Å². The number of likely N-dealkylation sites (N-methyl/N-ethyl adjacent to an activating group) is 1. The third kappa shape index (κ3) is 4.28. The predicted octanol–water partition coefficient (Wildman–Crippen LogP) is 2.39. The molecule has 21 heavy (non-hydrogen) atoms. The third-order valence-corrected chi connectivity index (χ3v) is 4.50. The molecule has 1 aliphatic rings. The van der Waals surface area contributed by atoms with Gasteiger partial charge in [0.15, 0.2) is 0 Å². The smallest absolute Gasteiger partial charge is 0.236 e.